The van der Waals surface area contributed by atoms with Gasteiger partial charge in [-0.25, -0.2) is 0 Å². The van der Waals surface area contributed by atoms with Crippen LogP contribution in [-0.4, -0.2) is 48.4 Å². The van der Waals surface area contributed by atoms with E-state index in [0.717, 1.165) is 5.56 Å². The molecule has 0 unspecified atom stereocenters. The Kier molecular flexibility index (Phi) is 7.57. The van der Waals surface area contributed by atoms with Gasteiger partial charge in [-0.1, -0.05) is 18.2 Å². The van der Waals surface area contributed by atoms with E-state index < -0.39 is 0 Å². The van der Waals surface area contributed by atoms with Crippen molar-refractivity contribution < 1.29 is 38.0 Å². The number of methoxy groups -OCH3 is 6. The van der Waals surface area contributed by atoms with Crippen LogP contribution in [0.1, 0.15) is 21.5 Å². The van der Waals surface area contributed by atoms with Gasteiger partial charge in [0.05, 0.1) is 42.7 Å². The zero-order valence-corrected chi connectivity index (χ0v) is 21.5. The lowest BCUT2D eigenvalue weighted by molar-refractivity contribution is 0.104. The third kappa shape index (κ3) is 4.91. The van der Waals surface area contributed by atoms with E-state index in [0.29, 0.717) is 62.7 Å². The number of benzene rings is 3. The molecule has 0 atom stereocenters. The molecule has 8 nitrogen and oxygen atoms in total. The standard InChI is InChI=1S/C29H28O8/c1-31-24-13-18(14-25(32-2)28(24)35-5)21(30)11-17-12-23(37-22-10-8-7-9-20(17)22)19-15-26(33-3)29(36-6)27(16-19)34-4/h7-16H,1-6H3/b17-11-. The first kappa shape index (κ1) is 25.5. The quantitative estimate of drug-likeness (QED) is 0.282. The molecule has 37 heavy (non-hydrogen) atoms. The summed E-state index contributed by atoms with van der Waals surface area (Å²) in [6, 6.07) is 14.3. The van der Waals surface area contributed by atoms with Gasteiger partial charge < -0.3 is 33.2 Å². The number of para-hydroxylation sites is 1. The number of allylic oxidation sites excluding steroid dienone is 3. The van der Waals surface area contributed by atoms with E-state index in [2.05, 4.69) is 0 Å². The van der Waals surface area contributed by atoms with Crippen molar-refractivity contribution in [3.05, 3.63) is 77.4 Å². The Morgan fingerprint density at radius 1 is 0.703 bits per heavy atom. The molecule has 3 aromatic rings. The van der Waals surface area contributed by atoms with E-state index in [1.165, 1.54) is 21.3 Å². The molecule has 0 aliphatic carbocycles. The zero-order chi connectivity index (χ0) is 26.5. The van der Waals surface area contributed by atoms with Gasteiger partial charge in [-0.05, 0) is 48.1 Å². The summed E-state index contributed by atoms with van der Waals surface area (Å²) in [5.74, 6) is 3.52. The molecule has 0 spiro atoms. The van der Waals surface area contributed by atoms with Crippen molar-refractivity contribution in [3.8, 4) is 40.2 Å². The Hall–Kier alpha value is -4.59. The van der Waals surface area contributed by atoms with Crippen LogP contribution in [0.4, 0.5) is 0 Å². The van der Waals surface area contributed by atoms with Crippen LogP contribution >= 0.6 is 0 Å². The monoisotopic (exact) mass is 504 g/mol. The van der Waals surface area contributed by atoms with E-state index in [1.807, 2.05) is 24.3 Å². The molecule has 1 heterocycles. The van der Waals surface area contributed by atoms with Crippen LogP contribution in [0.3, 0.4) is 0 Å². The van der Waals surface area contributed by atoms with Gasteiger partial charge in [-0.3, -0.25) is 4.79 Å². The van der Waals surface area contributed by atoms with Crippen LogP contribution in [0, 0.1) is 0 Å². The first-order valence-corrected chi connectivity index (χ1v) is 11.3. The minimum Gasteiger partial charge on any atom is -0.493 e. The molecule has 1 aliphatic rings. The minimum absolute atomic E-state index is 0.244. The number of hydrogen-bond acceptors (Lipinski definition) is 8. The summed E-state index contributed by atoms with van der Waals surface area (Å²) in [7, 11) is 9.17. The van der Waals surface area contributed by atoms with Gasteiger partial charge in [-0.2, -0.15) is 0 Å². The lowest BCUT2D eigenvalue weighted by Gasteiger charge is -2.22. The number of ketones is 1. The fourth-order valence-electron chi connectivity index (χ4n) is 4.09. The highest BCUT2D eigenvalue weighted by Crippen LogP contribution is 2.43. The summed E-state index contributed by atoms with van der Waals surface area (Å²) in [5, 5.41) is 0. The fraction of sp³-hybridized carbons (Fsp3) is 0.207. The molecule has 1 aliphatic heterocycles. The molecule has 0 radical (unpaired) electrons. The second-order valence-corrected chi connectivity index (χ2v) is 7.90. The van der Waals surface area contributed by atoms with E-state index in [1.54, 1.807) is 57.7 Å². The Morgan fingerprint density at radius 3 is 1.73 bits per heavy atom. The summed E-state index contributed by atoms with van der Waals surface area (Å²) in [6.07, 6.45) is 3.36. The number of hydrogen-bond donors (Lipinski definition) is 0. The first-order valence-electron chi connectivity index (χ1n) is 11.3. The van der Waals surface area contributed by atoms with E-state index >= 15 is 0 Å². The molecule has 4 rings (SSSR count). The number of fused-ring (bicyclic) bond motifs is 1. The molecule has 192 valence electrons. The maximum atomic E-state index is 13.4. The van der Waals surface area contributed by atoms with Crippen LogP contribution in [0.5, 0.6) is 40.2 Å². The maximum Gasteiger partial charge on any atom is 0.203 e. The van der Waals surface area contributed by atoms with Crippen molar-refractivity contribution >= 4 is 17.1 Å². The average molecular weight is 505 g/mol. The minimum atomic E-state index is -0.244. The fourth-order valence-corrected chi connectivity index (χ4v) is 4.09. The molecule has 8 heteroatoms. The molecular weight excluding hydrogens is 476 g/mol. The molecule has 0 bridgehead atoms. The van der Waals surface area contributed by atoms with Crippen LogP contribution in [0.25, 0.3) is 11.3 Å². The van der Waals surface area contributed by atoms with Gasteiger partial charge in [0.1, 0.15) is 11.5 Å². The predicted molar refractivity (Wildman–Crippen MR) is 140 cm³/mol. The topological polar surface area (TPSA) is 81.7 Å². The highest BCUT2D eigenvalue weighted by Gasteiger charge is 2.23. The second kappa shape index (κ2) is 11.0. The Balaban J connectivity index is 1.83. The second-order valence-electron chi connectivity index (χ2n) is 7.90. The number of rotatable bonds is 9. The van der Waals surface area contributed by atoms with Crippen molar-refractivity contribution in [3.63, 3.8) is 0 Å². The van der Waals surface area contributed by atoms with Crippen molar-refractivity contribution in [2.75, 3.05) is 42.7 Å². The van der Waals surface area contributed by atoms with Crippen LogP contribution < -0.4 is 33.2 Å². The van der Waals surface area contributed by atoms with Gasteiger partial charge >= 0.3 is 0 Å². The molecule has 0 fully saturated rings. The lowest BCUT2D eigenvalue weighted by Crippen LogP contribution is -2.06. The largest absolute Gasteiger partial charge is 0.493 e. The van der Waals surface area contributed by atoms with E-state index in [-0.39, 0.29) is 5.78 Å². The van der Waals surface area contributed by atoms with Crippen LogP contribution in [-0.2, 0) is 0 Å². The van der Waals surface area contributed by atoms with Gasteiger partial charge in [0.2, 0.25) is 11.5 Å². The van der Waals surface area contributed by atoms with Crippen molar-refractivity contribution in [1.29, 1.82) is 0 Å². The van der Waals surface area contributed by atoms with Crippen molar-refractivity contribution in [2.24, 2.45) is 0 Å². The van der Waals surface area contributed by atoms with Gasteiger partial charge in [0, 0.05) is 16.7 Å². The summed E-state index contributed by atoms with van der Waals surface area (Å²) >= 11 is 0. The maximum absolute atomic E-state index is 13.4. The number of carbonyl (C=O) groups is 1. The van der Waals surface area contributed by atoms with Gasteiger partial charge in [0.25, 0.3) is 0 Å². The third-order valence-electron chi connectivity index (χ3n) is 5.89. The Labute approximate surface area is 215 Å². The van der Waals surface area contributed by atoms with Gasteiger partial charge in [0.15, 0.2) is 28.8 Å². The first-order chi connectivity index (χ1) is 18.0. The molecule has 3 aromatic carbocycles. The number of ether oxygens (including phenoxy) is 7. The average Bonchev–Trinajstić information content (AvgIpc) is 2.95. The van der Waals surface area contributed by atoms with Crippen molar-refractivity contribution in [2.45, 2.75) is 0 Å². The van der Waals surface area contributed by atoms with E-state index in [4.69, 9.17) is 33.2 Å². The van der Waals surface area contributed by atoms with E-state index in [9.17, 15) is 4.79 Å². The molecule has 0 saturated carbocycles. The molecule has 0 amide bonds. The molecule has 0 N–H and O–H groups in total. The summed E-state index contributed by atoms with van der Waals surface area (Å²) < 4.78 is 38.8. The predicted octanol–water partition coefficient (Wildman–Crippen LogP) is 5.44. The zero-order valence-electron chi connectivity index (χ0n) is 21.5. The Bertz CT molecular complexity index is 1340. The highest BCUT2D eigenvalue weighted by molar-refractivity contribution is 6.11. The Morgan fingerprint density at radius 2 is 1.22 bits per heavy atom. The number of carbonyl (C=O) groups excluding carboxylic acids is 1. The lowest BCUT2D eigenvalue weighted by atomic mass is 9.96. The van der Waals surface area contributed by atoms with Crippen LogP contribution in [0.15, 0.2) is 60.7 Å². The normalized spacial score (nSPS) is 13.1. The summed E-state index contributed by atoms with van der Waals surface area (Å²) in [6.45, 7) is 0. The third-order valence-corrected chi connectivity index (χ3v) is 5.89. The summed E-state index contributed by atoms with van der Waals surface area (Å²) in [4.78, 5) is 13.4. The molecule has 0 saturated heterocycles. The molecular formula is C29H28O8. The SMILES string of the molecule is COc1cc(C(=O)/C=C2/C=C(c3cc(OC)c(OC)c(OC)c3)Oc3ccccc32)cc(OC)c1OC. The summed E-state index contributed by atoms with van der Waals surface area (Å²) in [5.41, 5.74) is 2.52. The smallest absolute Gasteiger partial charge is 0.203 e. The van der Waals surface area contributed by atoms with Crippen molar-refractivity contribution in [1.82, 2.24) is 0 Å². The highest BCUT2D eigenvalue weighted by atomic mass is 16.5. The molecule has 0 aromatic heterocycles. The van der Waals surface area contributed by atoms with Gasteiger partial charge in [-0.15, -0.1) is 0 Å². The van der Waals surface area contributed by atoms with Crippen LogP contribution in [0.2, 0.25) is 0 Å².